The third kappa shape index (κ3) is 4.77. The number of rotatable bonds is 6. The summed E-state index contributed by atoms with van der Waals surface area (Å²) in [5, 5.41) is 8.12. The van der Waals surface area contributed by atoms with Crippen molar-refractivity contribution in [2.75, 3.05) is 25.1 Å². The second-order valence-electron chi connectivity index (χ2n) is 6.40. The van der Waals surface area contributed by atoms with E-state index >= 15 is 0 Å². The summed E-state index contributed by atoms with van der Waals surface area (Å²) in [4.78, 5) is 13.6. The zero-order valence-electron chi connectivity index (χ0n) is 15.3. The van der Waals surface area contributed by atoms with Gasteiger partial charge in [-0.25, -0.2) is 4.39 Å². The van der Waals surface area contributed by atoms with Crippen molar-refractivity contribution >= 4 is 38.9 Å². The molecule has 1 amide bonds. The van der Waals surface area contributed by atoms with Gasteiger partial charge >= 0.3 is 0 Å². The first-order valence-electron chi connectivity index (χ1n) is 9.01. The van der Waals surface area contributed by atoms with Gasteiger partial charge in [-0.3, -0.25) is 10.1 Å². The molecule has 0 saturated heterocycles. The Morgan fingerprint density at radius 3 is 2.55 bits per heavy atom. The summed E-state index contributed by atoms with van der Waals surface area (Å²) in [5.41, 5.74) is 1.50. The molecule has 150 valence electrons. The summed E-state index contributed by atoms with van der Waals surface area (Å²) >= 11 is 5.03. The van der Waals surface area contributed by atoms with Crippen LogP contribution in [0.3, 0.4) is 0 Å². The van der Waals surface area contributed by atoms with Gasteiger partial charge in [0.05, 0.1) is 18.3 Å². The second-order valence-corrected chi connectivity index (χ2v) is 8.24. The fourth-order valence-electron chi connectivity index (χ4n) is 3.04. The molecule has 8 heteroatoms. The van der Waals surface area contributed by atoms with Gasteiger partial charge in [-0.2, -0.15) is 0 Å². The van der Waals surface area contributed by atoms with Crippen molar-refractivity contribution in [1.29, 1.82) is 0 Å². The monoisotopic (exact) mass is 476 g/mol. The van der Waals surface area contributed by atoms with Crippen LogP contribution in [0, 0.1) is 5.82 Å². The Morgan fingerprint density at radius 2 is 1.86 bits per heavy atom. The fraction of sp³-hybridized carbons (Fsp3) is 0.190. The average Bonchev–Trinajstić information content (AvgIpc) is 3.24. The Bertz CT molecular complexity index is 996. The number of anilines is 1. The number of thiophene rings is 1. The molecule has 0 fully saturated rings. The molecule has 0 radical (unpaired) electrons. The van der Waals surface area contributed by atoms with E-state index in [0.29, 0.717) is 34.9 Å². The lowest BCUT2D eigenvalue weighted by molar-refractivity contribution is -0.115. The highest BCUT2D eigenvalue weighted by Gasteiger charge is 2.19. The first-order chi connectivity index (χ1) is 14.1. The first kappa shape index (κ1) is 19.9. The van der Waals surface area contributed by atoms with Gasteiger partial charge in [0.2, 0.25) is 5.91 Å². The van der Waals surface area contributed by atoms with Gasteiger partial charge in [-0.15, -0.1) is 11.3 Å². The van der Waals surface area contributed by atoms with E-state index in [0.717, 1.165) is 10.4 Å². The lowest BCUT2D eigenvalue weighted by Crippen LogP contribution is -2.31. The molecule has 0 saturated carbocycles. The van der Waals surface area contributed by atoms with Gasteiger partial charge in [-0.05, 0) is 45.1 Å². The third-order valence-corrected chi connectivity index (χ3v) is 6.00. The zero-order valence-corrected chi connectivity index (χ0v) is 17.7. The van der Waals surface area contributed by atoms with Gasteiger partial charge < -0.3 is 14.8 Å². The summed E-state index contributed by atoms with van der Waals surface area (Å²) < 4.78 is 25.1. The molecular formula is C21H18BrFN2O3S. The predicted molar refractivity (Wildman–Crippen MR) is 114 cm³/mol. The highest BCUT2D eigenvalue weighted by molar-refractivity contribution is 9.10. The smallest absolute Gasteiger partial charge is 0.238 e. The summed E-state index contributed by atoms with van der Waals surface area (Å²) in [7, 11) is 0. The quantitative estimate of drug-likeness (QED) is 0.539. The fourth-order valence-corrected chi connectivity index (χ4v) is 4.29. The SMILES string of the molecule is O=C(CNC(c1ccc(F)cc1)c1cccs1)Nc1cc2c(cc1Br)OCCO2. The largest absolute Gasteiger partial charge is 0.486 e. The molecule has 1 aliphatic heterocycles. The molecule has 5 nitrogen and oxygen atoms in total. The average molecular weight is 477 g/mol. The van der Waals surface area contributed by atoms with E-state index in [1.165, 1.54) is 12.1 Å². The van der Waals surface area contributed by atoms with Crippen molar-refractivity contribution in [3.05, 3.63) is 74.6 Å². The maximum Gasteiger partial charge on any atom is 0.238 e. The minimum atomic E-state index is -0.292. The number of nitrogens with one attached hydrogen (secondary N) is 2. The second kappa shape index (κ2) is 8.94. The number of ether oxygens (including phenoxy) is 2. The molecule has 2 aromatic carbocycles. The first-order valence-corrected chi connectivity index (χ1v) is 10.7. The van der Waals surface area contributed by atoms with Gasteiger partial charge in [0, 0.05) is 21.5 Å². The zero-order chi connectivity index (χ0) is 20.2. The molecule has 1 atom stereocenters. The van der Waals surface area contributed by atoms with Crippen molar-refractivity contribution in [1.82, 2.24) is 5.32 Å². The predicted octanol–water partition coefficient (Wildman–Crippen LogP) is 4.74. The van der Waals surface area contributed by atoms with E-state index in [1.54, 1.807) is 35.6 Å². The van der Waals surface area contributed by atoms with Gasteiger partial charge in [0.1, 0.15) is 19.0 Å². The van der Waals surface area contributed by atoms with Crippen LogP contribution in [0.2, 0.25) is 0 Å². The Labute approximate surface area is 180 Å². The number of halogens is 2. The van der Waals surface area contributed by atoms with Crippen LogP contribution in [0.15, 0.2) is 58.4 Å². The number of benzene rings is 2. The molecule has 0 bridgehead atoms. The van der Waals surface area contributed by atoms with E-state index in [-0.39, 0.29) is 24.3 Å². The molecule has 3 aromatic rings. The summed E-state index contributed by atoms with van der Waals surface area (Å²) in [5.74, 6) is 0.754. The van der Waals surface area contributed by atoms with Gasteiger partial charge in [-0.1, -0.05) is 18.2 Å². The number of hydrogen-bond donors (Lipinski definition) is 2. The maximum absolute atomic E-state index is 13.3. The van der Waals surface area contributed by atoms with Gasteiger partial charge in [0.25, 0.3) is 0 Å². The van der Waals surface area contributed by atoms with Crippen molar-refractivity contribution in [2.45, 2.75) is 6.04 Å². The number of carbonyl (C=O) groups excluding carboxylic acids is 1. The molecule has 29 heavy (non-hydrogen) atoms. The standard InChI is InChI=1S/C21H18BrFN2O3S/c22-15-10-17-18(28-8-7-27-17)11-16(15)25-20(26)12-24-21(19-2-1-9-29-19)13-3-5-14(23)6-4-13/h1-6,9-11,21,24H,7-8,12H2,(H,25,26). The lowest BCUT2D eigenvalue weighted by atomic mass is 10.1. The molecule has 2 heterocycles. The molecular weight excluding hydrogens is 459 g/mol. The summed E-state index contributed by atoms with van der Waals surface area (Å²) in [6, 6.07) is 13.5. The van der Waals surface area contributed by atoms with Crippen LogP contribution in [-0.2, 0) is 4.79 Å². The lowest BCUT2D eigenvalue weighted by Gasteiger charge is -2.21. The highest BCUT2D eigenvalue weighted by atomic mass is 79.9. The summed E-state index contributed by atoms with van der Waals surface area (Å²) in [6.45, 7) is 1.06. The van der Waals surface area contributed by atoms with Crippen LogP contribution in [0.4, 0.5) is 10.1 Å². The number of amides is 1. The van der Waals surface area contributed by atoms with Crippen LogP contribution in [0.25, 0.3) is 0 Å². The van der Waals surface area contributed by atoms with Gasteiger partial charge in [0.15, 0.2) is 11.5 Å². The molecule has 1 unspecified atom stereocenters. The Hall–Kier alpha value is -2.42. The van der Waals surface area contributed by atoms with Crippen LogP contribution in [0.1, 0.15) is 16.5 Å². The van der Waals surface area contributed by atoms with Crippen molar-refractivity contribution < 1.29 is 18.7 Å². The Balaban J connectivity index is 1.45. The van der Waals surface area contributed by atoms with Crippen molar-refractivity contribution in [2.24, 2.45) is 0 Å². The minimum Gasteiger partial charge on any atom is -0.486 e. The number of carbonyl (C=O) groups is 1. The number of fused-ring (bicyclic) bond motifs is 1. The summed E-state index contributed by atoms with van der Waals surface area (Å²) in [6.07, 6.45) is 0. The molecule has 1 aliphatic rings. The maximum atomic E-state index is 13.3. The van der Waals surface area contributed by atoms with Crippen molar-refractivity contribution in [3.63, 3.8) is 0 Å². The van der Waals surface area contributed by atoms with E-state index in [4.69, 9.17) is 9.47 Å². The van der Waals surface area contributed by atoms with E-state index in [2.05, 4.69) is 26.6 Å². The van der Waals surface area contributed by atoms with Crippen LogP contribution < -0.4 is 20.1 Å². The van der Waals surface area contributed by atoms with E-state index in [9.17, 15) is 9.18 Å². The Kier molecular flexibility index (Phi) is 6.13. The molecule has 0 aliphatic carbocycles. The third-order valence-electron chi connectivity index (χ3n) is 4.40. The van der Waals surface area contributed by atoms with Crippen LogP contribution in [-0.4, -0.2) is 25.7 Å². The van der Waals surface area contributed by atoms with E-state index in [1.807, 2.05) is 17.5 Å². The van der Waals surface area contributed by atoms with Crippen molar-refractivity contribution in [3.8, 4) is 11.5 Å². The molecule has 4 rings (SSSR count). The number of hydrogen-bond acceptors (Lipinski definition) is 5. The normalized spacial score (nSPS) is 13.7. The van der Waals surface area contributed by atoms with E-state index < -0.39 is 0 Å². The highest BCUT2D eigenvalue weighted by Crippen LogP contribution is 2.38. The molecule has 2 N–H and O–H groups in total. The molecule has 0 spiro atoms. The molecule has 1 aromatic heterocycles. The topological polar surface area (TPSA) is 59.6 Å². The van der Waals surface area contributed by atoms with Crippen LogP contribution in [0.5, 0.6) is 11.5 Å². The minimum absolute atomic E-state index is 0.0842. The Morgan fingerprint density at radius 1 is 1.14 bits per heavy atom. The van der Waals surface area contributed by atoms with Crippen LogP contribution >= 0.6 is 27.3 Å².